The number of hydrogen-bond acceptors (Lipinski definition) is 2. The first-order valence-corrected chi connectivity index (χ1v) is 8.79. The van der Waals surface area contributed by atoms with Crippen molar-refractivity contribution in [3.8, 4) is 0 Å². The topological polar surface area (TPSA) is 49.3 Å². The Morgan fingerprint density at radius 3 is 1.92 bits per heavy atom. The number of amides is 1. The van der Waals surface area contributed by atoms with E-state index in [1.165, 1.54) is 0 Å². The van der Waals surface area contributed by atoms with Gasteiger partial charge >= 0.3 is 0 Å². The number of aliphatic hydroxyl groups is 1. The van der Waals surface area contributed by atoms with Crippen molar-refractivity contribution in [3.05, 3.63) is 99.5 Å². The number of carbonyl (C=O) groups excluding carboxylic acids is 1. The number of anilines is 1. The molecule has 2 N–H and O–H groups in total. The van der Waals surface area contributed by atoms with E-state index in [2.05, 4.69) is 21.2 Å². The molecule has 3 aromatic rings. The fraction of sp³-hybridized carbons (Fsp3) is 0.0500. The highest BCUT2D eigenvalue weighted by atomic mass is 79.9. The minimum Gasteiger partial charge on any atom is -0.372 e. The van der Waals surface area contributed by atoms with E-state index >= 15 is 0 Å². The second-order valence-corrected chi connectivity index (χ2v) is 6.84. The monoisotopic (exact) mass is 415 g/mol. The van der Waals surface area contributed by atoms with Gasteiger partial charge in [0.05, 0.1) is 10.7 Å². The standard InChI is InChI=1S/C20H15BrClNO2/c21-16-11-12-18(17(22)13-16)23-19(24)20(25,14-7-3-1-4-8-14)15-9-5-2-6-10-15/h1-13,25H,(H,23,24). The number of halogens is 2. The fourth-order valence-corrected chi connectivity index (χ4v) is 3.31. The summed E-state index contributed by atoms with van der Waals surface area (Å²) in [5.41, 5.74) is -0.446. The number of benzene rings is 3. The van der Waals surface area contributed by atoms with Crippen molar-refractivity contribution < 1.29 is 9.90 Å². The van der Waals surface area contributed by atoms with E-state index in [1.807, 2.05) is 12.1 Å². The molecule has 0 aliphatic heterocycles. The average Bonchev–Trinajstić information content (AvgIpc) is 2.64. The van der Waals surface area contributed by atoms with Crippen LogP contribution in [0.5, 0.6) is 0 Å². The Hall–Kier alpha value is -2.14. The third kappa shape index (κ3) is 3.61. The Labute approximate surface area is 159 Å². The van der Waals surface area contributed by atoms with Crippen LogP contribution in [0.3, 0.4) is 0 Å². The molecule has 126 valence electrons. The van der Waals surface area contributed by atoms with Gasteiger partial charge in [0.2, 0.25) is 0 Å². The van der Waals surface area contributed by atoms with Gasteiger partial charge < -0.3 is 10.4 Å². The van der Waals surface area contributed by atoms with Crippen LogP contribution < -0.4 is 5.32 Å². The third-order valence-electron chi connectivity index (χ3n) is 3.89. The maximum absolute atomic E-state index is 13.0. The molecule has 0 aromatic heterocycles. The van der Waals surface area contributed by atoms with Gasteiger partial charge in [0, 0.05) is 4.47 Å². The third-order valence-corrected chi connectivity index (χ3v) is 4.70. The Bertz CT molecular complexity index is 845. The van der Waals surface area contributed by atoms with Gasteiger partial charge in [-0.15, -0.1) is 0 Å². The fourth-order valence-electron chi connectivity index (χ4n) is 2.59. The highest BCUT2D eigenvalue weighted by molar-refractivity contribution is 9.10. The van der Waals surface area contributed by atoms with Gasteiger partial charge in [-0.25, -0.2) is 0 Å². The van der Waals surface area contributed by atoms with Crippen LogP contribution in [0.2, 0.25) is 5.02 Å². The van der Waals surface area contributed by atoms with E-state index in [-0.39, 0.29) is 0 Å². The first kappa shape index (κ1) is 17.7. The lowest BCUT2D eigenvalue weighted by atomic mass is 9.85. The van der Waals surface area contributed by atoms with Gasteiger partial charge in [-0.2, -0.15) is 0 Å². The van der Waals surface area contributed by atoms with Gasteiger partial charge in [0.25, 0.3) is 5.91 Å². The van der Waals surface area contributed by atoms with Crippen LogP contribution >= 0.6 is 27.5 Å². The molecule has 0 aliphatic carbocycles. The maximum Gasteiger partial charge on any atom is 0.265 e. The maximum atomic E-state index is 13.0. The van der Waals surface area contributed by atoms with E-state index in [0.29, 0.717) is 21.8 Å². The Balaban J connectivity index is 2.04. The zero-order valence-corrected chi connectivity index (χ0v) is 15.5. The van der Waals surface area contributed by atoms with Crippen molar-refractivity contribution in [2.75, 3.05) is 5.32 Å². The molecule has 0 saturated carbocycles. The number of hydrogen-bond donors (Lipinski definition) is 2. The van der Waals surface area contributed by atoms with Gasteiger partial charge in [-0.3, -0.25) is 4.79 Å². The van der Waals surface area contributed by atoms with E-state index < -0.39 is 11.5 Å². The van der Waals surface area contributed by atoms with Gasteiger partial charge in [-0.1, -0.05) is 88.2 Å². The Morgan fingerprint density at radius 2 is 1.44 bits per heavy atom. The lowest BCUT2D eigenvalue weighted by Crippen LogP contribution is -2.41. The SMILES string of the molecule is O=C(Nc1ccc(Br)cc1Cl)C(O)(c1ccccc1)c1ccccc1. The Morgan fingerprint density at radius 1 is 0.920 bits per heavy atom. The summed E-state index contributed by atoms with van der Waals surface area (Å²) in [6.45, 7) is 0. The second kappa shape index (κ2) is 7.40. The van der Waals surface area contributed by atoms with E-state index in [4.69, 9.17) is 11.6 Å². The van der Waals surface area contributed by atoms with E-state index in [1.54, 1.807) is 66.7 Å². The summed E-state index contributed by atoms with van der Waals surface area (Å²) < 4.78 is 0.803. The van der Waals surface area contributed by atoms with Crippen molar-refractivity contribution in [3.63, 3.8) is 0 Å². The molecule has 0 unspecified atom stereocenters. The molecule has 3 aromatic carbocycles. The molecule has 3 nitrogen and oxygen atoms in total. The zero-order chi connectivity index (χ0) is 17.9. The number of rotatable bonds is 4. The first-order chi connectivity index (χ1) is 12.0. The molecule has 1 amide bonds. The highest BCUT2D eigenvalue weighted by Gasteiger charge is 2.40. The molecular formula is C20H15BrClNO2. The predicted octanol–water partition coefficient (Wildman–Crippen LogP) is 4.98. The van der Waals surface area contributed by atoms with Crippen LogP contribution in [-0.2, 0) is 10.4 Å². The molecule has 0 spiro atoms. The van der Waals surface area contributed by atoms with E-state index in [0.717, 1.165) is 4.47 Å². The summed E-state index contributed by atoms with van der Waals surface area (Å²) in [4.78, 5) is 13.0. The molecule has 0 aliphatic rings. The minimum atomic E-state index is -1.83. The summed E-state index contributed by atoms with van der Waals surface area (Å²) >= 11 is 9.52. The summed E-state index contributed by atoms with van der Waals surface area (Å²) in [6, 6.07) is 22.8. The van der Waals surface area contributed by atoms with Crippen LogP contribution in [0.15, 0.2) is 83.3 Å². The first-order valence-electron chi connectivity index (χ1n) is 7.62. The molecule has 0 fully saturated rings. The second-order valence-electron chi connectivity index (χ2n) is 5.52. The van der Waals surface area contributed by atoms with Crippen LogP contribution in [0.4, 0.5) is 5.69 Å². The number of carbonyl (C=O) groups is 1. The van der Waals surface area contributed by atoms with Crippen molar-refractivity contribution in [2.24, 2.45) is 0 Å². The van der Waals surface area contributed by atoms with Crippen molar-refractivity contribution in [2.45, 2.75) is 5.60 Å². The molecule has 0 bridgehead atoms. The van der Waals surface area contributed by atoms with Crippen molar-refractivity contribution >= 4 is 39.1 Å². The molecule has 5 heteroatoms. The predicted molar refractivity (Wildman–Crippen MR) is 104 cm³/mol. The smallest absolute Gasteiger partial charge is 0.265 e. The van der Waals surface area contributed by atoms with Crippen LogP contribution in [0.25, 0.3) is 0 Å². The van der Waals surface area contributed by atoms with Crippen LogP contribution in [-0.4, -0.2) is 11.0 Å². The summed E-state index contributed by atoms with van der Waals surface area (Å²) in [5.74, 6) is -0.575. The average molecular weight is 417 g/mol. The molecule has 0 atom stereocenters. The molecule has 0 radical (unpaired) electrons. The number of nitrogens with one attached hydrogen (secondary N) is 1. The summed E-state index contributed by atoms with van der Waals surface area (Å²) in [5, 5.41) is 14.5. The molecule has 0 saturated heterocycles. The van der Waals surface area contributed by atoms with Gasteiger partial charge in [-0.05, 0) is 29.3 Å². The minimum absolute atomic E-state index is 0.381. The van der Waals surface area contributed by atoms with Crippen molar-refractivity contribution in [1.82, 2.24) is 0 Å². The van der Waals surface area contributed by atoms with Gasteiger partial charge in [0.15, 0.2) is 5.60 Å². The zero-order valence-electron chi connectivity index (χ0n) is 13.1. The molecule has 25 heavy (non-hydrogen) atoms. The molecular weight excluding hydrogens is 402 g/mol. The largest absolute Gasteiger partial charge is 0.372 e. The van der Waals surface area contributed by atoms with Gasteiger partial charge in [0.1, 0.15) is 0 Å². The highest BCUT2D eigenvalue weighted by Crippen LogP contribution is 2.33. The summed E-state index contributed by atoms with van der Waals surface area (Å²) in [7, 11) is 0. The van der Waals surface area contributed by atoms with Crippen molar-refractivity contribution in [1.29, 1.82) is 0 Å². The Kier molecular flexibility index (Phi) is 5.23. The lowest BCUT2D eigenvalue weighted by molar-refractivity contribution is -0.131. The van der Waals surface area contributed by atoms with Crippen LogP contribution in [0, 0.1) is 0 Å². The van der Waals surface area contributed by atoms with Crippen LogP contribution in [0.1, 0.15) is 11.1 Å². The van der Waals surface area contributed by atoms with E-state index in [9.17, 15) is 9.90 Å². The molecule has 3 rings (SSSR count). The normalized spacial score (nSPS) is 11.2. The summed E-state index contributed by atoms with van der Waals surface area (Å²) in [6.07, 6.45) is 0. The quantitative estimate of drug-likeness (QED) is 0.630. The lowest BCUT2D eigenvalue weighted by Gasteiger charge is -2.28. The molecule has 0 heterocycles.